The van der Waals surface area contributed by atoms with Gasteiger partial charge in [0.2, 0.25) is 0 Å². The maximum atomic E-state index is 12.4. The Kier molecular flexibility index (Phi) is 9.73. The average molecular weight is 526 g/mol. The molecule has 2 rings (SSSR count). The SMILES string of the molecule is CN=C(NCc1ccc(Br)cc1)NCc1ccccc1OC(F)F.I. The van der Waals surface area contributed by atoms with Crippen LogP contribution >= 0.6 is 39.9 Å². The van der Waals surface area contributed by atoms with E-state index in [0.717, 1.165) is 10.0 Å². The molecule has 0 fully saturated rings. The highest BCUT2D eigenvalue weighted by atomic mass is 127. The molecule has 2 aromatic rings. The number of rotatable bonds is 6. The van der Waals surface area contributed by atoms with Crippen LogP contribution in [0.2, 0.25) is 0 Å². The van der Waals surface area contributed by atoms with Crippen LogP contribution in [-0.2, 0) is 13.1 Å². The molecule has 0 aliphatic heterocycles. The minimum absolute atomic E-state index is 0. The second-order valence-corrected chi connectivity index (χ2v) is 5.81. The fraction of sp³-hybridized carbons (Fsp3) is 0.235. The van der Waals surface area contributed by atoms with Crippen LogP contribution < -0.4 is 15.4 Å². The molecule has 136 valence electrons. The molecule has 8 heteroatoms. The number of aliphatic imine (C=N–C) groups is 1. The number of hydrogen-bond acceptors (Lipinski definition) is 2. The fourth-order valence-electron chi connectivity index (χ4n) is 2.05. The molecule has 0 amide bonds. The van der Waals surface area contributed by atoms with Crippen molar-refractivity contribution in [1.29, 1.82) is 0 Å². The summed E-state index contributed by atoms with van der Waals surface area (Å²) in [5.74, 6) is 0.730. The van der Waals surface area contributed by atoms with E-state index < -0.39 is 6.61 Å². The lowest BCUT2D eigenvalue weighted by Crippen LogP contribution is -2.36. The minimum Gasteiger partial charge on any atom is -0.434 e. The number of nitrogens with one attached hydrogen (secondary N) is 2. The zero-order valence-corrected chi connectivity index (χ0v) is 17.4. The predicted octanol–water partition coefficient (Wildman–Crippen LogP) is 4.53. The van der Waals surface area contributed by atoms with Gasteiger partial charge in [0.25, 0.3) is 0 Å². The summed E-state index contributed by atoms with van der Waals surface area (Å²) in [6.45, 7) is -1.92. The highest BCUT2D eigenvalue weighted by molar-refractivity contribution is 14.0. The Morgan fingerprint density at radius 1 is 1.08 bits per heavy atom. The van der Waals surface area contributed by atoms with Gasteiger partial charge in [-0.3, -0.25) is 4.99 Å². The summed E-state index contributed by atoms with van der Waals surface area (Å²) >= 11 is 3.39. The molecular formula is C17H19BrF2IN3O. The molecule has 0 unspecified atom stereocenters. The molecule has 4 nitrogen and oxygen atoms in total. The molecule has 0 bridgehead atoms. The van der Waals surface area contributed by atoms with Crippen molar-refractivity contribution in [2.24, 2.45) is 4.99 Å². The molecule has 0 saturated carbocycles. The normalized spacial score (nSPS) is 11.0. The lowest BCUT2D eigenvalue weighted by molar-refractivity contribution is -0.0504. The van der Waals surface area contributed by atoms with E-state index in [4.69, 9.17) is 0 Å². The van der Waals surface area contributed by atoms with Gasteiger partial charge in [-0.05, 0) is 23.8 Å². The number of nitrogens with zero attached hydrogens (tertiary/aromatic N) is 1. The molecule has 2 aromatic carbocycles. The molecule has 0 spiro atoms. The van der Waals surface area contributed by atoms with E-state index in [0.29, 0.717) is 24.6 Å². The number of halogens is 4. The van der Waals surface area contributed by atoms with Crippen LogP contribution in [0, 0.1) is 0 Å². The van der Waals surface area contributed by atoms with Crippen LogP contribution in [0.1, 0.15) is 11.1 Å². The average Bonchev–Trinajstić information content (AvgIpc) is 2.57. The van der Waals surface area contributed by atoms with Gasteiger partial charge in [0.05, 0.1) is 0 Å². The summed E-state index contributed by atoms with van der Waals surface area (Å²) in [6, 6.07) is 14.6. The summed E-state index contributed by atoms with van der Waals surface area (Å²) in [7, 11) is 1.65. The van der Waals surface area contributed by atoms with Crippen LogP contribution in [0.25, 0.3) is 0 Å². The van der Waals surface area contributed by atoms with Gasteiger partial charge in [-0.1, -0.05) is 46.3 Å². The number of alkyl halides is 2. The molecule has 0 aliphatic carbocycles. The van der Waals surface area contributed by atoms with Crippen molar-refractivity contribution in [2.75, 3.05) is 7.05 Å². The Balaban J connectivity index is 0.00000312. The smallest absolute Gasteiger partial charge is 0.387 e. The standard InChI is InChI=1S/C17H18BrF2N3O.HI/c1-21-17(22-10-12-6-8-14(18)9-7-12)23-11-13-4-2-3-5-15(13)24-16(19)20;/h2-9,16H,10-11H2,1H3,(H2,21,22,23);1H. The van der Waals surface area contributed by atoms with Gasteiger partial charge in [0.15, 0.2) is 5.96 Å². The van der Waals surface area contributed by atoms with E-state index in [9.17, 15) is 8.78 Å². The van der Waals surface area contributed by atoms with E-state index >= 15 is 0 Å². The Hall–Kier alpha value is -1.42. The number of ether oxygens (including phenoxy) is 1. The number of benzene rings is 2. The van der Waals surface area contributed by atoms with Crippen LogP contribution in [-0.4, -0.2) is 19.6 Å². The molecule has 0 aliphatic rings. The number of guanidine groups is 1. The minimum atomic E-state index is -2.85. The molecule has 0 atom stereocenters. The van der Waals surface area contributed by atoms with E-state index in [2.05, 4.69) is 36.3 Å². The maximum absolute atomic E-state index is 12.4. The van der Waals surface area contributed by atoms with Crippen molar-refractivity contribution in [3.8, 4) is 5.75 Å². The van der Waals surface area contributed by atoms with Crippen LogP contribution in [0.4, 0.5) is 8.78 Å². The zero-order chi connectivity index (χ0) is 17.4. The van der Waals surface area contributed by atoms with E-state index in [1.54, 1.807) is 25.2 Å². The molecule has 0 saturated heterocycles. The summed E-state index contributed by atoms with van der Waals surface area (Å²) < 4.78 is 30.4. The molecule has 25 heavy (non-hydrogen) atoms. The van der Waals surface area contributed by atoms with Gasteiger partial charge in [0, 0.05) is 30.2 Å². The van der Waals surface area contributed by atoms with Crippen molar-refractivity contribution < 1.29 is 13.5 Å². The summed E-state index contributed by atoms with van der Waals surface area (Å²) in [6.07, 6.45) is 0. The monoisotopic (exact) mass is 525 g/mol. The predicted molar refractivity (Wildman–Crippen MR) is 110 cm³/mol. The van der Waals surface area contributed by atoms with Crippen molar-refractivity contribution in [1.82, 2.24) is 10.6 Å². The van der Waals surface area contributed by atoms with Gasteiger partial charge in [-0.15, -0.1) is 24.0 Å². The van der Waals surface area contributed by atoms with Gasteiger partial charge >= 0.3 is 6.61 Å². The summed E-state index contributed by atoms with van der Waals surface area (Å²) in [4.78, 5) is 4.12. The second kappa shape index (κ2) is 11.2. The molecule has 0 heterocycles. The lowest BCUT2D eigenvalue weighted by atomic mass is 10.2. The van der Waals surface area contributed by atoms with Crippen molar-refractivity contribution in [2.45, 2.75) is 19.7 Å². The summed E-state index contributed by atoms with van der Waals surface area (Å²) in [5.41, 5.74) is 1.73. The first-order valence-corrected chi connectivity index (χ1v) is 8.09. The highest BCUT2D eigenvalue weighted by Gasteiger charge is 2.09. The Morgan fingerprint density at radius 2 is 1.72 bits per heavy atom. The molecule has 0 aromatic heterocycles. The maximum Gasteiger partial charge on any atom is 0.387 e. The quantitative estimate of drug-likeness (QED) is 0.331. The Morgan fingerprint density at radius 3 is 2.36 bits per heavy atom. The topological polar surface area (TPSA) is 45.7 Å². The largest absolute Gasteiger partial charge is 0.434 e. The van der Waals surface area contributed by atoms with Gasteiger partial charge in [-0.25, -0.2) is 0 Å². The van der Waals surface area contributed by atoms with E-state index in [1.807, 2.05) is 24.3 Å². The molecule has 0 radical (unpaired) electrons. The number of hydrogen-bond donors (Lipinski definition) is 2. The van der Waals surface area contributed by atoms with Crippen LogP contribution in [0.3, 0.4) is 0 Å². The van der Waals surface area contributed by atoms with Gasteiger partial charge in [0.1, 0.15) is 5.75 Å². The first-order valence-electron chi connectivity index (χ1n) is 7.30. The Labute approximate surface area is 171 Å². The second-order valence-electron chi connectivity index (χ2n) is 4.89. The fourth-order valence-corrected chi connectivity index (χ4v) is 2.31. The highest BCUT2D eigenvalue weighted by Crippen LogP contribution is 2.19. The summed E-state index contributed by atoms with van der Waals surface area (Å²) in [5, 5.41) is 6.26. The van der Waals surface area contributed by atoms with E-state index in [-0.39, 0.29) is 29.7 Å². The van der Waals surface area contributed by atoms with Gasteiger partial charge in [-0.2, -0.15) is 8.78 Å². The number of para-hydroxylation sites is 1. The first-order chi connectivity index (χ1) is 11.6. The molecular weight excluding hydrogens is 507 g/mol. The third-order valence-electron chi connectivity index (χ3n) is 3.23. The van der Waals surface area contributed by atoms with Crippen molar-refractivity contribution in [3.63, 3.8) is 0 Å². The Bertz CT molecular complexity index is 684. The van der Waals surface area contributed by atoms with Crippen molar-refractivity contribution in [3.05, 3.63) is 64.1 Å². The third-order valence-corrected chi connectivity index (χ3v) is 3.76. The van der Waals surface area contributed by atoms with Gasteiger partial charge < -0.3 is 15.4 Å². The molecule has 2 N–H and O–H groups in total. The zero-order valence-electron chi connectivity index (χ0n) is 13.5. The first kappa shape index (κ1) is 21.6. The lowest BCUT2D eigenvalue weighted by Gasteiger charge is -2.14. The van der Waals surface area contributed by atoms with E-state index in [1.165, 1.54) is 6.07 Å². The van der Waals surface area contributed by atoms with Crippen LogP contribution in [0.15, 0.2) is 58.0 Å². The third kappa shape index (κ3) is 7.55. The van der Waals surface area contributed by atoms with Crippen LogP contribution in [0.5, 0.6) is 5.75 Å². The van der Waals surface area contributed by atoms with Crippen molar-refractivity contribution >= 4 is 45.9 Å².